The average Bonchev–Trinajstić information content (AvgIpc) is 3.74. The van der Waals surface area contributed by atoms with Crippen molar-refractivity contribution in [3.8, 4) is 17.1 Å². The highest BCUT2D eigenvalue weighted by Gasteiger charge is 2.37. The Morgan fingerprint density at radius 1 is 1.21 bits per heavy atom. The van der Waals surface area contributed by atoms with Crippen LogP contribution in [0.3, 0.4) is 0 Å². The van der Waals surface area contributed by atoms with E-state index in [1.54, 1.807) is 18.2 Å². The zero-order valence-electron chi connectivity index (χ0n) is 23.4. The Hall–Kier alpha value is -3.97. The highest BCUT2D eigenvalue weighted by molar-refractivity contribution is 5.85. The Kier molecular flexibility index (Phi) is 7.62. The number of carbonyl (C=O) groups is 1. The first-order valence-corrected chi connectivity index (χ1v) is 13.9. The average molecular weight is 584 g/mol. The van der Waals surface area contributed by atoms with Crippen molar-refractivity contribution in [1.82, 2.24) is 34.3 Å². The Balaban J connectivity index is 1.29. The van der Waals surface area contributed by atoms with Gasteiger partial charge in [0, 0.05) is 44.4 Å². The molecule has 2 aliphatic rings. The molecule has 6 rings (SSSR count). The lowest BCUT2D eigenvalue weighted by Crippen LogP contribution is -2.52. The molecule has 1 aromatic carbocycles. The smallest absolute Gasteiger partial charge is 0.434 e. The molecule has 13 heteroatoms. The topological polar surface area (TPSA) is 101 Å². The van der Waals surface area contributed by atoms with E-state index >= 15 is 0 Å². The maximum atomic E-state index is 13.6. The van der Waals surface area contributed by atoms with Crippen molar-refractivity contribution in [2.24, 2.45) is 5.92 Å². The fraction of sp³-hybridized carbons (Fsp3) is 0.448. The monoisotopic (exact) mass is 583 g/mol. The zero-order valence-corrected chi connectivity index (χ0v) is 23.4. The van der Waals surface area contributed by atoms with Crippen LogP contribution in [-0.2, 0) is 22.3 Å². The van der Waals surface area contributed by atoms with Gasteiger partial charge in [0.25, 0.3) is 0 Å². The fourth-order valence-corrected chi connectivity index (χ4v) is 5.76. The first kappa shape index (κ1) is 28.2. The van der Waals surface area contributed by atoms with E-state index in [2.05, 4.69) is 24.8 Å². The molecule has 0 spiro atoms. The standard InChI is InChI=1S/C29H32F3N7O3/c1-18-34-25(29(30,31)32)15-38(18)16-26(40)39-9-8-37(13-19-7-10-42-17-19)14-24(39)27-33-12-23(35-27)21-11-20-5-3-4-6-22(20)36-28(21)41-2/h3-6,11-12,15,19,24H,7-10,13-14,16-17H2,1-2H3,(H,33,35)/t19?,24-/m0/s1. The normalized spacial score (nSPS) is 20.0. The minimum atomic E-state index is -4.58. The summed E-state index contributed by atoms with van der Waals surface area (Å²) in [6.07, 6.45) is -1.00. The largest absolute Gasteiger partial charge is 0.480 e. The number of amides is 1. The first-order valence-electron chi connectivity index (χ1n) is 13.9. The number of para-hydroxylation sites is 1. The molecule has 2 aliphatic heterocycles. The van der Waals surface area contributed by atoms with Crippen molar-refractivity contribution in [2.75, 3.05) is 46.5 Å². The molecule has 0 bridgehead atoms. The highest BCUT2D eigenvalue weighted by atomic mass is 19.4. The molecule has 10 nitrogen and oxygen atoms in total. The highest BCUT2D eigenvalue weighted by Crippen LogP contribution is 2.33. The van der Waals surface area contributed by atoms with Crippen LogP contribution in [0.1, 0.15) is 29.8 Å². The molecule has 2 fully saturated rings. The minimum absolute atomic E-state index is 0.128. The van der Waals surface area contributed by atoms with Crippen LogP contribution in [0.15, 0.2) is 42.7 Å². The van der Waals surface area contributed by atoms with E-state index in [1.807, 2.05) is 30.3 Å². The van der Waals surface area contributed by atoms with Crippen molar-refractivity contribution in [3.05, 3.63) is 60.1 Å². The van der Waals surface area contributed by atoms with E-state index in [0.29, 0.717) is 49.6 Å². The maximum absolute atomic E-state index is 13.6. The summed E-state index contributed by atoms with van der Waals surface area (Å²) in [5.41, 5.74) is 1.21. The molecule has 2 atom stereocenters. The lowest BCUT2D eigenvalue weighted by atomic mass is 10.1. The van der Waals surface area contributed by atoms with Crippen molar-refractivity contribution in [3.63, 3.8) is 0 Å². The molecule has 222 valence electrons. The maximum Gasteiger partial charge on any atom is 0.434 e. The second-order valence-corrected chi connectivity index (χ2v) is 10.8. The van der Waals surface area contributed by atoms with Crippen LogP contribution in [0, 0.1) is 12.8 Å². The number of fused-ring (bicyclic) bond motifs is 1. The van der Waals surface area contributed by atoms with Crippen LogP contribution in [0.4, 0.5) is 13.2 Å². The molecule has 3 aromatic heterocycles. The zero-order chi connectivity index (χ0) is 29.4. The van der Waals surface area contributed by atoms with E-state index in [9.17, 15) is 18.0 Å². The Morgan fingerprint density at radius 2 is 2.05 bits per heavy atom. The summed E-state index contributed by atoms with van der Waals surface area (Å²) in [6.45, 7) is 5.09. The molecular formula is C29H32F3N7O3. The van der Waals surface area contributed by atoms with Gasteiger partial charge >= 0.3 is 6.18 Å². The van der Waals surface area contributed by atoms with Gasteiger partial charge in [0.2, 0.25) is 11.8 Å². The van der Waals surface area contributed by atoms with Crippen LogP contribution < -0.4 is 4.74 Å². The Bertz CT molecular complexity index is 1580. The number of nitrogens with zero attached hydrogens (tertiary/aromatic N) is 6. The second-order valence-electron chi connectivity index (χ2n) is 10.8. The number of aryl methyl sites for hydroxylation is 1. The molecule has 0 saturated carbocycles. The number of benzene rings is 1. The number of imidazole rings is 2. The van der Waals surface area contributed by atoms with Crippen LogP contribution >= 0.6 is 0 Å². The molecule has 2 saturated heterocycles. The third-order valence-electron chi connectivity index (χ3n) is 7.98. The fourth-order valence-electron chi connectivity index (χ4n) is 5.76. The second kappa shape index (κ2) is 11.4. The molecular weight excluding hydrogens is 551 g/mol. The van der Waals surface area contributed by atoms with Gasteiger partial charge in [-0.15, -0.1) is 0 Å². The van der Waals surface area contributed by atoms with Gasteiger partial charge in [0.05, 0.1) is 36.7 Å². The third-order valence-corrected chi connectivity index (χ3v) is 7.98. The number of aromatic amines is 1. The van der Waals surface area contributed by atoms with Crippen LogP contribution in [0.25, 0.3) is 22.2 Å². The predicted molar refractivity (Wildman–Crippen MR) is 148 cm³/mol. The van der Waals surface area contributed by atoms with Crippen molar-refractivity contribution >= 4 is 16.8 Å². The number of hydrogen-bond donors (Lipinski definition) is 1. The Morgan fingerprint density at radius 3 is 2.79 bits per heavy atom. The van der Waals surface area contributed by atoms with Crippen LogP contribution in [-0.4, -0.2) is 86.7 Å². The van der Waals surface area contributed by atoms with E-state index in [1.165, 1.54) is 11.5 Å². The van der Waals surface area contributed by atoms with E-state index in [0.717, 1.165) is 42.2 Å². The SMILES string of the molecule is COc1nc2ccccc2cc1-c1cnc([C@@H]2CN(CC3CCOC3)CCN2C(=O)Cn2cc(C(F)(F)F)nc2C)[nH]1. The van der Waals surface area contributed by atoms with Gasteiger partial charge in [-0.1, -0.05) is 18.2 Å². The van der Waals surface area contributed by atoms with Gasteiger partial charge in [-0.2, -0.15) is 13.2 Å². The first-order chi connectivity index (χ1) is 20.2. The Labute approximate surface area is 240 Å². The summed E-state index contributed by atoms with van der Waals surface area (Å²) >= 11 is 0. The summed E-state index contributed by atoms with van der Waals surface area (Å²) in [5.74, 6) is 1.27. The van der Waals surface area contributed by atoms with Crippen molar-refractivity contribution < 1.29 is 27.4 Å². The number of piperazine rings is 1. The summed E-state index contributed by atoms with van der Waals surface area (Å²) in [4.78, 5) is 33.9. The van der Waals surface area contributed by atoms with Gasteiger partial charge in [0.1, 0.15) is 24.2 Å². The van der Waals surface area contributed by atoms with Crippen LogP contribution in [0.2, 0.25) is 0 Å². The summed E-state index contributed by atoms with van der Waals surface area (Å²) < 4.78 is 52.1. The molecule has 1 unspecified atom stereocenters. The minimum Gasteiger partial charge on any atom is -0.480 e. The lowest BCUT2D eigenvalue weighted by Gasteiger charge is -2.41. The molecule has 5 heterocycles. The van der Waals surface area contributed by atoms with E-state index in [-0.39, 0.29) is 18.3 Å². The number of hydrogen-bond acceptors (Lipinski definition) is 7. The molecule has 4 aromatic rings. The molecule has 42 heavy (non-hydrogen) atoms. The number of rotatable bonds is 7. The van der Waals surface area contributed by atoms with Crippen LogP contribution in [0.5, 0.6) is 5.88 Å². The number of alkyl halides is 3. The number of pyridine rings is 1. The van der Waals surface area contributed by atoms with Crippen molar-refractivity contribution in [2.45, 2.75) is 32.1 Å². The number of carbonyl (C=O) groups excluding carboxylic acids is 1. The predicted octanol–water partition coefficient (Wildman–Crippen LogP) is 4.08. The van der Waals surface area contributed by atoms with Crippen molar-refractivity contribution in [1.29, 1.82) is 0 Å². The summed E-state index contributed by atoms with van der Waals surface area (Å²) in [7, 11) is 1.56. The number of ether oxygens (including phenoxy) is 2. The van der Waals surface area contributed by atoms with E-state index < -0.39 is 17.9 Å². The van der Waals surface area contributed by atoms with E-state index in [4.69, 9.17) is 9.47 Å². The summed E-state index contributed by atoms with van der Waals surface area (Å²) in [5, 5.41) is 0.942. The molecule has 1 amide bonds. The number of H-pyrrole nitrogens is 1. The van der Waals surface area contributed by atoms with Gasteiger partial charge in [0.15, 0.2) is 5.69 Å². The van der Waals surface area contributed by atoms with Gasteiger partial charge in [-0.3, -0.25) is 9.69 Å². The van der Waals surface area contributed by atoms with Gasteiger partial charge in [-0.05, 0) is 31.4 Å². The molecule has 1 N–H and O–H groups in total. The number of nitrogens with one attached hydrogen (secondary N) is 1. The van der Waals surface area contributed by atoms with Gasteiger partial charge < -0.3 is 23.9 Å². The third kappa shape index (κ3) is 5.71. The summed E-state index contributed by atoms with van der Waals surface area (Å²) in [6, 6.07) is 9.28. The van der Waals surface area contributed by atoms with Gasteiger partial charge in [-0.25, -0.2) is 15.0 Å². The number of methoxy groups -OCH3 is 1. The molecule has 0 aliphatic carbocycles. The number of halogens is 3. The lowest BCUT2D eigenvalue weighted by molar-refractivity contribution is -0.141. The quantitative estimate of drug-likeness (QED) is 0.350. The number of aromatic nitrogens is 5. The molecule has 0 radical (unpaired) electrons.